The van der Waals surface area contributed by atoms with E-state index in [0.717, 1.165) is 37.3 Å². The summed E-state index contributed by atoms with van der Waals surface area (Å²) < 4.78 is 23.6. The van der Waals surface area contributed by atoms with Gasteiger partial charge >= 0.3 is 0 Å². The van der Waals surface area contributed by atoms with Crippen LogP contribution in [0.1, 0.15) is 65.5 Å². The van der Waals surface area contributed by atoms with Crippen LogP contribution in [0.25, 0.3) is 21.5 Å². The van der Waals surface area contributed by atoms with Gasteiger partial charge in [0.25, 0.3) is 0 Å². The number of nitrogens with zero attached hydrogens (tertiary/aromatic N) is 3. The van der Waals surface area contributed by atoms with Gasteiger partial charge in [-0.15, -0.1) is 0 Å². The maximum atomic E-state index is 6.19. The number of anilines is 4. The lowest BCUT2D eigenvalue weighted by molar-refractivity contribution is 0.0552. The highest BCUT2D eigenvalue weighted by molar-refractivity contribution is 5.95. The zero-order valence-electron chi connectivity index (χ0n) is 41.0. The first-order chi connectivity index (χ1) is 33.2. The molecule has 6 aromatic rings. The summed E-state index contributed by atoms with van der Waals surface area (Å²) in [5.41, 5.74) is 12.3. The van der Waals surface area contributed by atoms with Crippen LogP contribution in [0, 0.1) is 0 Å². The zero-order chi connectivity index (χ0) is 47.1. The van der Waals surface area contributed by atoms with E-state index in [4.69, 9.17) is 18.9 Å². The average molecular weight is 908 g/mol. The molecule has 0 aromatic heterocycles. The Morgan fingerprint density at radius 1 is 0.559 bits per heavy atom. The van der Waals surface area contributed by atoms with Crippen LogP contribution in [0.3, 0.4) is 0 Å². The molecule has 2 aliphatic heterocycles. The summed E-state index contributed by atoms with van der Waals surface area (Å²) in [6.45, 7) is 20.2. The second-order valence-electron chi connectivity index (χ2n) is 19.1. The van der Waals surface area contributed by atoms with Crippen molar-refractivity contribution < 1.29 is 18.9 Å². The third-order valence-corrected chi connectivity index (χ3v) is 14.2. The Morgan fingerprint density at radius 2 is 1.10 bits per heavy atom. The van der Waals surface area contributed by atoms with Gasteiger partial charge in [0, 0.05) is 65.6 Å². The monoisotopic (exact) mass is 908 g/mol. The molecule has 2 heterocycles. The van der Waals surface area contributed by atoms with Crippen molar-refractivity contribution in [3.63, 3.8) is 0 Å². The minimum Gasteiger partial charge on any atom is -0.379 e. The van der Waals surface area contributed by atoms with E-state index in [9.17, 15) is 0 Å². The molecule has 1 atom stereocenters. The number of rotatable bonds is 20. The number of para-hydroxylation sites is 2. The van der Waals surface area contributed by atoms with Crippen LogP contribution < -0.4 is 14.7 Å². The quantitative estimate of drug-likeness (QED) is 0.0707. The van der Waals surface area contributed by atoms with Crippen molar-refractivity contribution in [2.45, 2.75) is 71.3 Å². The number of fused-ring (bicyclic) bond motifs is 6. The Balaban J connectivity index is 1.15. The Hall–Kier alpha value is -5.96. The maximum Gasteiger partial charge on any atom is 0.0701 e. The first-order valence-electron chi connectivity index (χ1n) is 24.9. The molecule has 0 radical (unpaired) electrons. The molecule has 1 unspecified atom stereocenters. The summed E-state index contributed by atoms with van der Waals surface area (Å²) in [5.74, 6) is 0. The van der Waals surface area contributed by atoms with Crippen molar-refractivity contribution in [2.24, 2.45) is 0 Å². The smallest absolute Gasteiger partial charge is 0.0701 e. The van der Waals surface area contributed by atoms with Gasteiger partial charge in [0.1, 0.15) is 0 Å². The topological polar surface area (TPSA) is 46.6 Å². The van der Waals surface area contributed by atoms with Gasteiger partial charge in [0.2, 0.25) is 0 Å². The summed E-state index contributed by atoms with van der Waals surface area (Å²) in [4.78, 5) is 7.57. The van der Waals surface area contributed by atoms with Crippen molar-refractivity contribution in [1.29, 1.82) is 0 Å². The number of allylic oxidation sites excluding steroid dienone is 6. The molecule has 0 amide bonds. The molecule has 0 fully saturated rings. The first kappa shape index (κ1) is 47.1. The van der Waals surface area contributed by atoms with Crippen molar-refractivity contribution in [2.75, 3.05) is 80.6 Å². The average Bonchev–Trinajstić information content (AvgIpc) is 3.93. The van der Waals surface area contributed by atoms with Gasteiger partial charge in [-0.05, 0) is 113 Å². The molecule has 0 saturated carbocycles. The molecular formula is C61H69N3O4. The minimum absolute atomic E-state index is 0.0986. The Kier molecular flexibility index (Phi) is 14.6. The van der Waals surface area contributed by atoms with Crippen molar-refractivity contribution in [3.8, 4) is 0 Å². The van der Waals surface area contributed by atoms with Crippen LogP contribution in [0.5, 0.6) is 0 Å². The van der Waals surface area contributed by atoms with E-state index in [-0.39, 0.29) is 16.9 Å². The molecule has 0 bridgehead atoms. The molecule has 7 nitrogen and oxygen atoms in total. The second-order valence-corrected chi connectivity index (χ2v) is 19.1. The summed E-state index contributed by atoms with van der Waals surface area (Å²) in [6.07, 6.45) is 11.6. The van der Waals surface area contributed by atoms with Gasteiger partial charge < -0.3 is 33.6 Å². The molecule has 352 valence electrons. The highest BCUT2D eigenvalue weighted by Gasteiger charge is 2.45. The highest BCUT2D eigenvalue weighted by Crippen LogP contribution is 2.52. The second kappa shape index (κ2) is 21.1. The summed E-state index contributed by atoms with van der Waals surface area (Å²) >= 11 is 0. The van der Waals surface area contributed by atoms with Crippen LogP contribution in [-0.2, 0) is 29.8 Å². The van der Waals surface area contributed by atoms with Crippen LogP contribution in [0.2, 0.25) is 0 Å². The molecule has 9 rings (SSSR count). The van der Waals surface area contributed by atoms with Crippen molar-refractivity contribution in [1.82, 2.24) is 0 Å². The molecule has 3 aliphatic rings. The highest BCUT2D eigenvalue weighted by atomic mass is 16.5. The van der Waals surface area contributed by atoms with E-state index < -0.39 is 0 Å². The van der Waals surface area contributed by atoms with E-state index in [1.165, 1.54) is 66.6 Å². The van der Waals surface area contributed by atoms with E-state index >= 15 is 0 Å². The standard InChI is InChI=1S/C61H69N3O4/c1-7-65-41-43-67-39-37-62-53-33-29-45-19-15-17-25-51(45)57(53)60(3,4)55(62)35-31-47-27-28-48(59(47)64(49-21-11-9-12-22-49)50-23-13-10-14-24-50)32-36-56-61(5,6)58-52-26-18-16-20-46(52)30-34-54(58)63(56)38-40-68-44-42-66-8-2/h9-26,29-36,55H,7-8,27-28,37-44H2,1-6H3/b35-31+,48-32+,56-36+. The maximum absolute atomic E-state index is 6.19. The Labute approximate surface area is 405 Å². The third kappa shape index (κ3) is 9.42. The fourth-order valence-electron chi connectivity index (χ4n) is 11.1. The van der Waals surface area contributed by atoms with Gasteiger partial charge in [-0.25, -0.2) is 0 Å². The molecule has 68 heavy (non-hydrogen) atoms. The molecule has 0 N–H and O–H groups in total. The van der Waals surface area contributed by atoms with E-state index in [1.54, 1.807) is 0 Å². The number of hydrogen-bond acceptors (Lipinski definition) is 7. The number of benzene rings is 6. The van der Waals surface area contributed by atoms with Gasteiger partial charge in [0.15, 0.2) is 0 Å². The third-order valence-electron chi connectivity index (χ3n) is 14.2. The van der Waals surface area contributed by atoms with Crippen LogP contribution in [0.4, 0.5) is 22.7 Å². The first-order valence-corrected chi connectivity index (χ1v) is 24.9. The number of ether oxygens (including phenoxy) is 4. The van der Waals surface area contributed by atoms with Gasteiger partial charge in [-0.1, -0.05) is 143 Å². The molecule has 0 spiro atoms. The summed E-state index contributed by atoms with van der Waals surface area (Å²) in [7, 11) is 0. The predicted octanol–water partition coefficient (Wildman–Crippen LogP) is 13.6. The Morgan fingerprint density at radius 3 is 1.72 bits per heavy atom. The molecule has 1 aliphatic carbocycles. The lowest BCUT2D eigenvalue weighted by Gasteiger charge is -2.33. The molecule has 0 saturated heterocycles. The number of hydrogen-bond donors (Lipinski definition) is 0. The van der Waals surface area contributed by atoms with E-state index in [2.05, 4.69) is 200 Å². The lowest BCUT2D eigenvalue weighted by atomic mass is 9.78. The lowest BCUT2D eigenvalue weighted by Crippen LogP contribution is -2.41. The van der Waals surface area contributed by atoms with Gasteiger partial charge in [0.05, 0.1) is 51.4 Å². The Bertz CT molecular complexity index is 2770. The van der Waals surface area contributed by atoms with E-state index in [0.29, 0.717) is 52.9 Å². The predicted molar refractivity (Wildman–Crippen MR) is 284 cm³/mol. The molecule has 7 heteroatoms. The molecular weight excluding hydrogens is 839 g/mol. The normalized spacial score (nSPS) is 18.5. The zero-order valence-corrected chi connectivity index (χ0v) is 41.0. The van der Waals surface area contributed by atoms with Gasteiger partial charge in [-0.3, -0.25) is 0 Å². The van der Waals surface area contributed by atoms with Crippen molar-refractivity contribution >= 4 is 44.3 Å². The minimum atomic E-state index is -0.258. The summed E-state index contributed by atoms with van der Waals surface area (Å²) in [5, 5.41) is 5.16. The van der Waals surface area contributed by atoms with Crippen LogP contribution >= 0.6 is 0 Å². The molecule has 6 aromatic carbocycles. The fraction of sp³-hybridized carbons (Fsp3) is 0.344. The van der Waals surface area contributed by atoms with Crippen LogP contribution in [0.15, 0.2) is 180 Å². The van der Waals surface area contributed by atoms with E-state index in [1.807, 2.05) is 13.8 Å². The van der Waals surface area contributed by atoms with Crippen LogP contribution in [-0.4, -0.2) is 72.0 Å². The SMILES string of the molecule is CCOCCOCCN1/C(=C/C=C2\CCC(/C=C/C3N(CCOCCOCC)c4ccc5ccccc5c4C3(C)C)=C2N(c2ccccc2)c2ccccc2)C(C)(C)c2c1ccc1ccccc21. The van der Waals surface area contributed by atoms with Crippen molar-refractivity contribution in [3.05, 3.63) is 191 Å². The van der Waals surface area contributed by atoms with Gasteiger partial charge in [-0.2, -0.15) is 0 Å². The summed E-state index contributed by atoms with van der Waals surface area (Å²) in [6, 6.07) is 48.7. The fourth-order valence-corrected chi connectivity index (χ4v) is 11.1. The largest absolute Gasteiger partial charge is 0.379 e.